The van der Waals surface area contributed by atoms with Gasteiger partial charge in [-0.25, -0.2) is 4.90 Å². The van der Waals surface area contributed by atoms with Crippen LogP contribution >= 0.6 is 0 Å². The fraction of sp³-hybridized carbons (Fsp3) is 0.207. The van der Waals surface area contributed by atoms with Crippen molar-refractivity contribution in [2.45, 2.75) is 26.7 Å². The summed E-state index contributed by atoms with van der Waals surface area (Å²) in [7, 11) is 0. The third-order valence-corrected chi connectivity index (χ3v) is 6.55. The number of rotatable bonds is 5. The molecule has 2 aliphatic rings. The molecule has 2 atom stereocenters. The molecule has 0 aromatic heterocycles. The van der Waals surface area contributed by atoms with E-state index in [1.54, 1.807) is 48.5 Å². The predicted molar refractivity (Wildman–Crippen MR) is 135 cm³/mol. The number of hydrogen-bond acceptors (Lipinski definition) is 4. The van der Waals surface area contributed by atoms with Crippen LogP contribution in [0.15, 0.2) is 84.4 Å². The van der Waals surface area contributed by atoms with Gasteiger partial charge < -0.3 is 10.1 Å². The fourth-order valence-corrected chi connectivity index (χ4v) is 4.76. The summed E-state index contributed by atoms with van der Waals surface area (Å²) >= 11 is 0. The van der Waals surface area contributed by atoms with Gasteiger partial charge in [0.05, 0.1) is 23.1 Å². The van der Waals surface area contributed by atoms with E-state index < -0.39 is 5.91 Å². The van der Waals surface area contributed by atoms with Gasteiger partial charge in [0.1, 0.15) is 11.5 Å². The summed E-state index contributed by atoms with van der Waals surface area (Å²) in [6, 6.07) is 21.5. The molecule has 6 nitrogen and oxygen atoms in total. The molecule has 1 aliphatic heterocycles. The SMILES string of the molecule is CC1=CC[C@@H]2C(=O)N(c3ccccc3C(=O)Nc3ccc(Oc4cccc(C)c4)cc3)C(=O)[C@@H]2C1. The van der Waals surface area contributed by atoms with Gasteiger partial charge in [0.2, 0.25) is 11.8 Å². The highest BCUT2D eigenvalue weighted by atomic mass is 16.5. The molecule has 6 heteroatoms. The van der Waals surface area contributed by atoms with E-state index in [4.69, 9.17) is 4.74 Å². The number of amides is 3. The minimum absolute atomic E-state index is 0.231. The zero-order valence-corrected chi connectivity index (χ0v) is 19.7. The van der Waals surface area contributed by atoms with Crippen LogP contribution in [0, 0.1) is 18.8 Å². The summed E-state index contributed by atoms with van der Waals surface area (Å²) in [6.45, 7) is 3.98. The predicted octanol–water partition coefficient (Wildman–Crippen LogP) is 5.89. The van der Waals surface area contributed by atoms with Crippen molar-refractivity contribution in [3.05, 3.63) is 95.6 Å². The summed E-state index contributed by atoms with van der Waals surface area (Å²) in [5, 5.41) is 2.87. The molecule has 0 bridgehead atoms. The molecule has 0 radical (unpaired) electrons. The van der Waals surface area contributed by atoms with Gasteiger partial charge >= 0.3 is 0 Å². The number of carbonyl (C=O) groups excluding carboxylic acids is 3. The Balaban J connectivity index is 1.33. The van der Waals surface area contributed by atoms with Gasteiger partial charge in [-0.15, -0.1) is 0 Å². The van der Waals surface area contributed by atoms with Crippen molar-refractivity contribution < 1.29 is 19.1 Å². The minimum Gasteiger partial charge on any atom is -0.457 e. The third kappa shape index (κ3) is 4.47. The smallest absolute Gasteiger partial charge is 0.257 e. The van der Waals surface area contributed by atoms with E-state index in [0.29, 0.717) is 30.0 Å². The molecule has 176 valence electrons. The van der Waals surface area contributed by atoms with Gasteiger partial charge in [0, 0.05) is 5.69 Å². The highest BCUT2D eigenvalue weighted by Crippen LogP contribution is 2.40. The second kappa shape index (κ2) is 9.22. The van der Waals surface area contributed by atoms with E-state index in [0.717, 1.165) is 16.9 Å². The van der Waals surface area contributed by atoms with Crippen LogP contribution in [0.25, 0.3) is 0 Å². The Kier molecular flexibility index (Phi) is 5.95. The molecule has 1 aliphatic carbocycles. The van der Waals surface area contributed by atoms with E-state index in [1.807, 2.05) is 44.2 Å². The average Bonchev–Trinajstić information content (AvgIpc) is 3.09. The number of carbonyl (C=O) groups is 3. The van der Waals surface area contributed by atoms with Crippen LogP contribution in [-0.2, 0) is 9.59 Å². The first-order valence-corrected chi connectivity index (χ1v) is 11.7. The number of hydrogen-bond donors (Lipinski definition) is 1. The first-order chi connectivity index (χ1) is 16.9. The molecular formula is C29H26N2O4. The lowest BCUT2D eigenvalue weighted by atomic mass is 9.82. The average molecular weight is 467 g/mol. The molecular weight excluding hydrogens is 440 g/mol. The quantitative estimate of drug-likeness (QED) is 0.376. The van der Waals surface area contributed by atoms with Crippen molar-refractivity contribution in [1.29, 1.82) is 0 Å². The number of benzene rings is 3. The molecule has 5 rings (SSSR count). The Morgan fingerprint density at radius 1 is 0.886 bits per heavy atom. The maximum absolute atomic E-state index is 13.2. The summed E-state index contributed by atoms with van der Waals surface area (Å²) in [5.74, 6) is -0.187. The molecule has 3 aromatic carbocycles. The van der Waals surface area contributed by atoms with Crippen molar-refractivity contribution in [2.24, 2.45) is 11.8 Å². The van der Waals surface area contributed by atoms with Crippen LogP contribution in [0.4, 0.5) is 11.4 Å². The normalized spacial score (nSPS) is 19.3. The number of fused-ring (bicyclic) bond motifs is 1. The number of anilines is 2. The monoisotopic (exact) mass is 466 g/mol. The highest BCUT2D eigenvalue weighted by Gasteiger charge is 2.49. The molecule has 1 saturated heterocycles. The molecule has 1 N–H and O–H groups in total. The standard InChI is InChI=1S/C29H26N2O4/c1-18-6-5-7-22(16-18)35-21-13-11-20(12-14-21)30-27(32)24-8-3-4-9-26(24)31-28(33)23-15-10-19(2)17-25(23)29(31)34/h3-14,16,23,25H,15,17H2,1-2H3,(H,30,32)/t23-,25+/m0/s1. The van der Waals surface area contributed by atoms with Crippen LogP contribution in [0.2, 0.25) is 0 Å². The van der Waals surface area contributed by atoms with Crippen molar-refractivity contribution in [3.63, 3.8) is 0 Å². The number of ether oxygens (including phenoxy) is 1. The first kappa shape index (κ1) is 22.6. The van der Waals surface area contributed by atoms with Gasteiger partial charge in [-0.05, 0) is 80.8 Å². The summed E-state index contributed by atoms with van der Waals surface area (Å²) in [5.41, 5.74) is 3.40. The van der Waals surface area contributed by atoms with Crippen molar-refractivity contribution in [1.82, 2.24) is 0 Å². The number of allylic oxidation sites excluding steroid dienone is 2. The largest absolute Gasteiger partial charge is 0.457 e. The second-order valence-electron chi connectivity index (χ2n) is 9.13. The van der Waals surface area contributed by atoms with E-state index in [2.05, 4.69) is 5.32 Å². The lowest BCUT2D eigenvalue weighted by Crippen LogP contribution is -2.33. The van der Waals surface area contributed by atoms with Crippen LogP contribution in [0.3, 0.4) is 0 Å². The molecule has 0 spiro atoms. The van der Waals surface area contributed by atoms with Crippen molar-refractivity contribution in [2.75, 3.05) is 10.2 Å². The van der Waals surface area contributed by atoms with Crippen LogP contribution in [-0.4, -0.2) is 17.7 Å². The first-order valence-electron chi connectivity index (χ1n) is 11.7. The number of nitrogens with one attached hydrogen (secondary N) is 1. The molecule has 0 unspecified atom stereocenters. The van der Waals surface area contributed by atoms with E-state index >= 15 is 0 Å². The number of para-hydroxylation sites is 1. The molecule has 3 amide bonds. The van der Waals surface area contributed by atoms with E-state index in [1.165, 1.54) is 4.90 Å². The topological polar surface area (TPSA) is 75.7 Å². The van der Waals surface area contributed by atoms with Crippen LogP contribution in [0.5, 0.6) is 11.5 Å². The third-order valence-electron chi connectivity index (χ3n) is 6.55. The summed E-state index contributed by atoms with van der Waals surface area (Å²) in [4.78, 5) is 40.7. The minimum atomic E-state index is -0.391. The van der Waals surface area contributed by atoms with Crippen LogP contribution in [0.1, 0.15) is 35.7 Å². The molecule has 1 fully saturated rings. The Hall–Kier alpha value is -4.19. The molecule has 1 heterocycles. The van der Waals surface area contributed by atoms with Gasteiger partial charge in [-0.2, -0.15) is 0 Å². The molecule has 0 saturated carbocycles. The van der Waals surface area contributed by atoms with Crippen molar-refractivity contribution in [3.8, 4) is 11.5 Å². The van der Waals surface area contributed by atoms with Gasteiger partial charge in [-0.3, -0.25) is 14.4 Å². The Morgan fingerprint density at radius 3 is 2.40 bits per heavy atom. The molecule has 35 heavy (non-hydrogen) atoms. The lowest BCUT2D eigenvalue weighted by Gasteiger charge is -2.19. The van der Waals surface area contributed by atoms with Crippen molar-refractivity contribution >= 4 is 29.1 Å². The Bertz CT molecular complexity index is 1340. The Labute approximate surface area is 204 Å². The molecule has 3 aromatic rings. The Morgan fingerprint density at radius 2 is 1.63 bits per heavy atom. The van der Waals surface area contributed by atoms with Crippen LogP contribution < -0.4 is 15.0 Å². The maximum Gasteiger partial charge on any atom is 0.257 e. The highest BCUT2D eigenvalue weighted by molar-refractivity contribution is 6.25. The number of nitrogens with zero attached hydrogens (tertiary/aromatic N) is 1. The zero-order valence-electron chi connectivity index (χ0n) is 19.7. The fourth-order valence-electron chi connectivity index (χ4n) is 4.76. The summed E-state index contributed by atoms with van der Waals surface area (Å²) in [6.07, 6.45) is 3.17. The summed E-state index contributed by atoms with van der Waals surface area (Å²) < 4.78 is 5.87. The lowest BCUT2D eigenvalue weighted by molar-refractivity contribution is -0.122. The van der Waals surface area contributed by atoms with Gasteiger partial charge in [0.15, 0.2) is 0 Å². The van der Waals surface area contributed by atoms with Gasteiger partial charge in [-0.1, -0.05) is 35.9 Å². The van der Waals surface area contributed by atoms with Gasteiger partial charge in [0.25, 0.3) is 5.91 Å². The number of aryl methyl sites for hydroxylation is 1. The second-order valence-corrected chi connectivity index (χ2v) is 9.13. The zero-order chi connectivity index (χ0) is 24.5. The van der Waals surface area contributed by atoms with E-state index in [9.17, 15) is 14.4 Å². The van der Waals surface area contributed by atoms with E-state index in [-0.39, 0.29) is 29.2 Å². The number of imide groups is 1. The maximum atomic E-state index is 13.2.